The Morgan fingerprint density at radius 1 is 1.14 bits per heavy atom. The van der Waals surface area contributed by atoms with E-state index in [0.29, 0.717) is 5.56 Å². The first-order valence-electron chi connectivity index (χ1n) is 6.99. The molecular formula is C18H19FN2O. The SMILES string of the molecule is Cc1cc(C)c(NC(=O)/C=C/c2ccc(F)c(N)c2)c(C)c1. The van der Waals surface area contributed by atoms with Crippen molar-refractivity contribution in [1.82, 2.24) is 0 Å². The fraction of sp³-hybridized carbons (Fsp3) is 0.167. The monoisotopic (exact) mass is 298 g/mol. The van der Waals surface area contributed by atoms with Gasteiger partial charge < -0.3 is 11.1 Å². The van der Waals surface area contributed by atoms with Crippen molar-refractivity contribution in [3.05, 3.63) is 64.5 Å². The van der Waals surface area contributed by atoms with E-state index in [9.17, 15) is 9.18 Å². The minimum absolute atomic E-state index is 0.0628. The lowest BCUT2D eigenvalue weighted by molar-refractivity contribution is -0.111. The molecule has 0 saturated heterocycles. The second-order valence-corrected chi connectivity index (χ2v) is 5.38. The van der Waals surface area contributed by atoms with Gasteiger partial charge in [0.15, 0.2) is 0 Å². The fourth-order valence-electron chi connectivity index (χ4n) is 2.38. The molecule has 0 aliphatic carbocycles. The third-order valence-electron chi connectivity index (χ3n) is 3.37. The number of hydrogen-bond donors (Lipinski definition) is 2. The maximum atomic E-state index is 13.1. The molecule has 0 spiro atoms. The van der Waals surface area contributed by atoms with Crippen molar-refractivity contribution in [1.29, 1.82) is 0 Å². The third kappa shape index (κ3) is 3.73. The summed E-state index contributed by atoms with van der Waals surface area (Å²) in [6.45, 7) is 5.93. The zero-order valence-electron chi connectivity index (χ0n) is 12.9. The molecular weight excluding hydrogens is 279 g/mol. The van der Waals surface area contributed by atoms with E-state index >= 15 is 0 Å². The fourth-order valence-corrected chi connectivity index (χ4v) is 2.38. The van der Waals surface area contributed by atoms with Crippen LogP contribution in [0.25, 0.3) is 6.08 Å². The van der Waals surface area contributed by atoms with E-state index in [1.165, 1.54) is 18.2 Å². The quantitative estimate of drug-likeness (QED) is 0.665. The highest BCUT2D eigenvalue weighted by atomic mass is 19.1. The van der Waals surface area contributed by atoms with Crippen LogP contribution >= 0.6 is 0 Å². The van der Waals surface area contributed by atoms with E-state index in [4.69, 9.17) is 5.73 Å². The Morgan fingerprint density at radius 3 is 2.36 bits per heavy atom. The second kappa shape index (κ2) is 6.43. The number of nitrogens with one attached hydrogen (secondary N) is 1. The molecule has 0 aliphatic heterocycles. The van der Waals surface area contributed by atoms with Crippen molar-refractivity contribution in [2.75, 3.05) is 11.1 Å². The van der Waals surface area contributed by atoms with Crippen LogP contribution in [0.5, 0.6) is 0 Å². The van der Waals surface area contributed by atoms with Gasteiger partial charge >= 0.3 is 0 Å². The maximum Gasteiger partial charge on any atom is 0.248 e. The van der Waals surface area contributed by atoms with E-state index in [1.54, 1.807) is 12.1 Å². The summed E-state index contributed by atoms with van der Waals surface area (Å²) in [5.41, 5.74) is 10.2. The predicted molar refractivity (Wildman–Crippen MR) is 89.1 cm³/mol. The molecule has 0 heterocycles. The number of rotatable bonds is 3. The van der Waals surface area contributed by atoms with Crippen molar-refractivity contribution >= 4 is 23.4 Å². The van der Waals surface area contributed by atoms with Crippen molar-refractivity contribution < 1.29 is 9.18 Å². The number of carbonyl (C=O) groups is 1. The number of halogens is 1. The summed E-state index contributed by atoms with van der Waals surface area (Å²) in [5.74, 6) is -0.703. The van der Waals surface area contributed by atoms with Gasteiger partial charge in [-0.05, 0) is 55.7 Å². The Kier molecular flexibility index (Phi) is 4.61. The molecule has 3 nitrogen and oxygen atoms in total. The lowest BCUT2D eigenvalue weighted by Crippen LogP contribution is -2.10. The van der Waals surface area contributed by atoms with Crippen LogP contribution < -0.4 is 11.1 Å². The van der Waals surface area contributed by atoms with Crippen molar-refractivity contribution in [3.8, 4) is 0 Å². The summed E-state index contributed by atoms with van der Waals surface area (Å²) in [7, 11) is 0. The van der Waals surface area contributed by atoms with E-state index in [1.807, 2.05) is 32.9 Å². The molecule has 0 saturated carbocycles. The average molecular weight is 298 g/mol. The Morgan fingerprint density at radius 2 is 1.77 bits per heavy atom. The van der Waals surface area contributed by atoms with Crippen LogP contribution in [0.15, 0.2) is 36.4 Å². The first-order chi connectivity index (χ1) is 10.4. The van der Waals surface area contributed by atoms with Crippen LogP contribution in [0.2, 0.25) is 0 Å². The van der Waals surface area contributed by atoms with Gasteiger partial charge in [0.05, 0.1) is 5.69 Å². The molecule has 2 rings (SSSR count). The first kappa shape index (κ1) is 15.8. The lowest BCUT2D eigenvalue weighted by atomic mass is 10.1. The lowest BCUT2D eigenvalue weighted by Gasteiger charge is -2.11. The number of nitrogen functional groups attached to an aromatic ring is 1. The zero-order chi connectivity index (χ0) is 16.3. The molecule has 114 valence electrons. The molecule has 2 aromatic carbocycles. The van der Waals surface area contributed by atoms with Gasteiger partial charge in [-0.2, -0.15) is 0 Å². The topological polar surface area (TPSA) is 55.1 Å². The van der Waals surface area contributed by atoms with Gasteiger partial charge in [0, 0.05) is 11.8 Å². The number of benzene rings is 2. The van der Waals surface area contributed by atoms with Crippen LogP contribution in [-0.4, -0.2) is 5.91 Å². The molecule has 0 radical (unpaired) electrons. The summed E-state index contributed by atoms with van der Waals surface area (Å²) >= 11 is 0. The second-order valence-electron chi connectivity index (χ2n) is 5.38. The molecule has 0 bridgehead atoms. The first-order valence-corrected chi connectivity index (χ1v) is 6.99. The third-order valence-corrected chi connectivity index (χ3v) is 3.37. The number of nitrogens with two attached hydrogens (primary N) is 1. The van der Waals surface area contributed by atoms with Crippen molar-refractivity contribution in [2.45, 2.75) is 20.8 Å². The van der Waals surface area contributed by atoms with Crippen LogP contribution in [-0.2, 0) is 4.79 Å². The smallest absolute Gasteiger partial charge is 0.248 e. The normalized spacial score (nSPS) is 10.9. The van der Waals surface area contributed by atoms with Crippen LogP contribution in [0, 0.1) is 26.6 Å². The highest BCUT2D eigenvalue weighted by Gasteiger charge is 2.06. The number of carbonyl (C=O) groups excluding carboxylic acids is 1. The Bertz CT molecular complexity index is 728. The molecule has 4 heteroatoms. The minimum Gasteiger partial charge on any atom is -0.396 e. The predicted octanol–water partition coefficient (Wildman–Crippen LogP) is 3.99. The van der Waals surface area contributed by atoms with Crippen LogP contribution in [0.3, 0.4) is 0 Å². The van der Waals surface area contributed by atoms with Crippen LogP contribution in [0.1, 0.15) is 22.3 Å². The van der Waals surface area contributed by atoms with E-state index in [-0.39, 0.29) is 11.6 Å². The van der Waals surface area contributed by atoms with Gasteiger partial charge in [0.25, 0.3) is 0 Å². The molecule has 0 fully saturated rings. The minimum atomic E-state index is -0.465. The molecule has 0 unspecified atom stereocenters. The van der Waals surface area contributed by atoms with Gasteiger partial charge in [0.1, 0.15) is 5.82 Å². The largest absolute Gasteiger partial charge is 0.396 e. The number of amides is 1. The van der Waals surface area contributed by atoms with E-state index in [2.05, 4.69) is 5.32 Å². The standard InChI is InChI=1S/C18H19FN2O/c1-11-8-12(2)18(13(3)9-11)21-17(22)7-5-14-4-6-15(19)16(20)10-14/h4-10H,20H2,1-3H3,(H,21,22)/b7-5+. The molecule has 0 aromatic heterocycles. The zero-order valence-corrected chi connectivity index (χ0v) is 12.9. The van der Waals surface area contributed by atoms with Gasteiger partial charge in [0.2, 0.25) is 5.91 Å². The summed E-state index contributed by atoms with van der Waals surface area (Å²) in [4.78, 5) is 12.0. The Balaban J connectivity index is 2.13. The molecule has 1 amide bonds. The van der Waals surface area contributed by atoms with Crippen LogP contribution in [0.4, 0.5) is 15.8 Å². The molecule has 22 heavy (non-hydrogen) atoms. The van der Waals surface area contributed by atoms with Gasteiger partial charge in [-0.25, -0.2) is 4.39 Å². The molecule has 2 aromatic rings. The Labute approximate surface area is 129 Å². The summed E-state index contributed by atoms with van der Waals surface area (Å²) < 4.78 is 13.1. The molecule has 0 aliphatic rings. The van der Waals surface area contributed by atoms with Gasteiger partial charge in [-0.1, -0.05) is 23.8 Å². The van der Waals surface area contributed by atoms with Crippen molar-refractivity contribution in [2.24, 2.45) is 0 Å². The van der Waals surface area contributed by atoms with E-state index < -0.39 is 5.82 Å². The molecule has 0 atom stereocenters. The number of anilines is 2. The summed E-state index contributed by atoms with van der Waals surface area (Å²) in [5, 5.41) is 2.87. The molecule has 3 N–H and O–H groups in total. The van der Waals surface area contributed by atoms with Gasteiger partial charge in [-0.15, -0.1) is 0 Å². The van der Waals surface area contributed by atoms with Crippen molar-refractivity contribution in [3.63, 3.8) is 0 Å². The number of aryl methyl sites for hydroxylation is 3. The summed E-state index contributed by atoms with van der Waals surface area (Å²) in [6.07, 6.45) is 3.01. The summed E-state index contributed by atoms with van der Waals surface area (Å²) in [6, 6.07) is 8.38. The van der Waals surface area contributed by atoms with E-state index in [0.717, 1.165) is 22.4 Å². The highest BCUT2D eigenvalue weighted by Crippen LogP contribution is 2.22. The average Bonchev–Trinajstić information content (AvgIpc) is 2.44. The number of hydrogen-bond acceptors (Lipinski definition) is 2. The van der Waals surface area contributed by atoms with Gasteiger partial charge in [-0.3, -0.25) is 4.79 Å². The highest BCUT2D eigenvalue weighted by molar-refractivity contribution is 6.02. The Hall–Kier alpha value is -2.62. The maximum absolute atomic E-state index is 13.1.